The first-order valence-corrected chi connectivity index (χ1v) is 9.70. The molecule has 0 aromatic heterocycles. The van der Waals surface area contributed by atoms with Gasteiger partial charge in [0.15, 0.2) is 0 Å². The molecule has 0 spiro atoms. The van der Waals surface area contributed by atoms with Gasteiger partial charge in [0.25, 0.3) is 5.91 Å². The van der Waals surface area contributed by atoms with E-state index in [1.165, 1.54) is 41.9 Å². The zero-order valence-corrected chi connectivity index (χ0v) is 15.9. The summed E-state index contributed by atoms with van der Waals surface area (Å²) in [7, 11) is -4.04. The number of carbonyl (C=O) groups is 1. The Morgan fingerprint density at radius 2 is 1.79 bits per heavy atom. The average Bonchev–Trinajstić information content (AvgIpc) is 2.69. The number of carbonyl (C=O) groups excluding carboxylic acids is 1. The van der Waals surface area contributed by atoms with Crippen molar-refractivity contribution in [1.29, 1.82) is 0 Å². The fourth-order valence-electron chi connectivity index (χ4n) is 2.30. The molecule has 2 aromatic rings. The maximum absolute atomic E-state index is 12.6. The van der Waals surface area contributed by atoms with Crippen LogP contribution in [0.2, 0.25) is 0 Å². The van der Waals surface area contributed by atoms with Crippen LogP contribution in [-0.2, 0) is 21.2 Å². The summed E-state index contributed by atoms with van der Waals surface area (Å²) in [4.78, 5) is 11.9. The fourth-order valence-corrected chi connectivity index (χ4v) is 3.49. The number of hydrogen-bond acceptors (Lipinski definition) is 6. The molecule has 148 valence electrons. The number of amides is 1. The maximum atomic E-state index is 12.6. The Kier molecular flexibility index (Phi) is 7.40. The molecule has 28 heavy (non-hydrogen) atoms. The van der Waals surface area contributed by atoms with Crippen molar-refractivity contribution in [2.45, 2.75) is 24.3 Å². The lowest BCUT2D eigenvalue weighted by atomic mass is 10.1. The van der Waals surface area contributed by atoms with Gasteiger partial charge in [-0.2, -0.15) is 4.72 Å². The highest BCUT2D eigenvalue weighted by Gasteiger charge is 2.26. The van der Waals surface area contributed by atoms with Crippen LogP contribution in [0.15, 0.2) is 53.4 Å². The standard InChI is InChI=1S/C19H20N2O6S/c1-2-3-12-27-16-8-10-17(11-9-16)28(25,26)21-18(19(23)20-24)13-14-4-6-15(22)7-5-14/h4-11,18,21-22,24H,12-13H2,1H3,(H,20,23). The number of hydroxylamine groups is 1. The average molecular weight is 404 g/mol. The number of ether oxygens (including phenoxy) is 1. The molecule has 9 heteroatoms. The van der Waals surface area contributed by atoms with Crippen molar-refractivity contribution in [2.75, 3.05) is 6.61 Å². The molecule has 0 radical (unpaired) electrons. The Hall–Kier alpha value is -3.06. The molecule has 0 aliphatic carbocycles. The van der Waals surface area contributed by atoms with Gasteiger partial charge < -0.3 is 9.84 Å². The van der Waals surface area contributed by atoms with Gasteiger partial charge in [0, 0.05) is 0 Å². The van der Waals surface area contributed by atoms with Crippen LogP contribution in [0.5, 0.6) is 11.5 Å². The van der Waals surface area contributed by atoms with E-state index in [4.69, 9.17) is 9.94 Å². The minimum absolute atomic E-state index is 0.0250. The van der Waals surface area contributed by atoms with Crippen LogP contribution < -0.4 is 14.9 Å². The van der Waals surface area contributed by atoms with Crippen LogP contribution >= 0.6 is 0 Å². The molecule has 8 nitrogen and oxygen atoms in total. The molecule has 0 heterocycles. The summed E-state index contributed by atoms with van der Waals surface area (Å²) >= 11 is 0. The third-order valence-electron chi connectivity index (χ3n) is 3.72. The summed E-state index contributed by atoms with van der Waals surface area (Å²) in [5, 5.41) is 18.3. The Bertz CT molecular complexity index is 960. The van der Waals surface area contributed by atoms with Gasteiger partial charge >= 0.3 is 0 Å². The van der Waals surface area contributed by atoms with E-state index in [0.29, 0.717) is 11.3 Å². The zero-order chi connectivity index (χ0) is 20.6. The predicted octanol–water partition coefficient (Wildman–Crippen LogP) is 1.19. The number of hydrogen-bond donors (Lipinski definition) is 4. The van der Waals surface area contributed by atoms with Crippen LogP contribution in [0.25, 0.3) is 0 Å². The van der Waals surface area contributed by atoms with Crippen molar-refractivity contribution in [3.63, 3.8) is 0 Å². The van der Waals surface area contributed by atoms with Gasteiger partial charge in [-0.25, -0.2) is 13.9 Å². The minimum atomic E-state index is -4.04. The summed E-state index contributed by atoms with van der Waals surface area (Å²) in [6, 6.07) is 10.3. The Morgan fingerprint density at radius 3 is 2.36 bits per heavy atom. The second-order valence-electron chi connectivity index (χ2n) is 5.71. The molecule has 0 fully saturated rings. The van der Waals surface area contributed by atoms with Gasteiger partial charge in [-0.3, -0.25) is 10.0 Å². The second kappa shape index (κ2) is 9.75. The number of phenolic OH excluding ortho intramolecular Hbond substituents is 1. The molecule has 0 bridgehead atoms. The normalized spacial score (nSPS) is 11.8. The third-order valence-corrected chi connectivity index (χ3v) is 5.21. The van der Waals surface area contributed by atoms with Crippen LogP contribution in [-0.4, -0.2) is 37.3 Å². The SMILES string of the molecule is CC#CCOc1ccc(S(=O)(=O)NC(Cc2ccc(O)cc2)C(=O)NO)cc1. The van der Waals surface area contributed by atoms with Gasteiger partial charge in [-0.05, 0) is 55.3 Å². The molecule has 0 saturated carbocycles. The summed E-state index contributed by atoms with van der Waals surface area (Å²) in [6.07, 6.45) is -0.0250. The van der Waals surface area contributed by atoms with E-state index in [2.05, 4.69) is 16.6 Å². The van der Waals surface area contributed by atoms with Gasteiger partial charge in [0.05, 0.1) is 4.90 Å². The van der Waals surface area contributed by atoms with Crippen LogP contribution in [0, 0.1) is 11.8 Å². The first kappa shape index (κ1) is 21.2. The molecule has 1 unspecified atom stereocenters. The first-order chi connectivity index (χ1) is 13.4. The van der Waals surface area contributed by atoms with Crippen LogP contribution in [0.4, 0.5) is 0 Å². The first-order valence-electron chi connectivity index (χ1n) is 8.22. The monoisotopic (exact) mass is 404 g/mol. The molecule has 0 aliphatic heterocycles. The van der Waals surface area contributed by atoms with Crippen molar-refractivity contribution < 1.29 is 28.3 Å². The van der Waals surface area contributed by atoms with Crippen LogP contribution in [0.1, 0.15) is 12.5 Å². The molecule has 2 rings (SSSR count). The highest BCUT2D eigenvalue weighted by atomic mass is 32.2. The maximum Gasteiger partial charge on any atom is 0.261 e. The number of nitrogens with one attached hydrogen (secondary N) is 2. The fraction of sp³-hybridized carbons (Fsp3) is 0.211. The summed E-state index contributed by atoms with van der Waals surface area (Å²) in [6.45, 7) is 1.87. The predicted molar refractivity (Wildman–Crippen MR) is 101 cm³/mol. The molecule has 4 N–H and O–H groups in total. The molecular weight excluding hydrogens is 384 g/mol. The number of sulfonamides is 1. The van der Waals surface area contributed by atoms with Gasteiger partial charge in [0.1, 0.15) is 24.1 Å². The number of aromatic hydroxyl groups is 1. The highest BCUT2D eigenvalue weighted by Crippen LogP contribution is 2.17. The van der Waals surface area contributed by atoms with Gasteiger partial charge in [0.2, 0.25) is 10.0 Å². The van der Waals surface area contributed by atoms with Crippen molar-refractivity contribution in [3.8, 4) is 23.3 Å². The van der Waals surface area contributed by atoms with Crippen molar-refractivity contribution in [2.24, 2.45) is 0 Å². The molecule has 0 aliphatic rings. The number of benzene rings is 2. The third kappa shape index (κ3) is 5.99. The minimum Gasteiger partial charge on any atom is -0.508 e. The number of rotatable bonds is 8. The van der Waals surface area contributed by atoms with E-state index in [-0.39, 0.29) is 23.7 Å². The lowest BCUT2D eigenvalue weighted by molar-refractivity contribution is -0.130. The van der Waals surface area contributed by atoms with E-state index in [0.717, 1.165) is 0 Å². The van der Waals surface area contributed by atoms with Crippen LogP contribution in [0.3, 0.4) is 0 Å². The largest absolute Gasteiger partial charge is 0.508 e. The summed E-state index contributed by atoms with van der Waals surface area (Å²) in [5.41, 5.74) is 2.05. The topological polar surface area (TPSA) is 125 Å². The highest BCUT2D eigenvalue weighted by molar-refractivity contribution is 7.89. The Morgan fingerprint density at radius 1 is 1.14 bits per heavy atom. The molecule has 0 saturated heterocycles. The molecule has 1 atom stereocenters. The van der Waals surface area contributed by atoms with Gasteiger partial charge in [-0.15, -0.1) is 5.92 Å². The van der Waals surface area contributed by atoms with E-state index in [1.54, 1.807) is 19.1 Å². The second-order valence-corrected chi connectivity index (χ2v) is 7.42. The Labute approximate surface area is 163 Å². The molecule has 2 aromatic carbocycles. The summed E-state index contributed by atoms with van der Waals surface area (Å²) < 4.78 is 32.8. The van der Waals surface area contributed by atoms with Gasteiger partial charge in [-0.1, -0.05) is 18.1 Å². The van der Waals surface area contributed by atoms with Crippen molar-refractivity contribution >= 4 is 15.9 Å². The Balaban J connectivity index is 2.15. The van der Waals surface area contributed by atoms with E-state index >= 15 is 0 Å². The molecule has 1 amide bonds. The zero-order valence-electron chi connectivity index (χ0n) is 15.0. The molecular formula is C19H20N2O6S. The van der Waals surface area contributed by atoms with E-state index in [9.17, 15) is 18.3 Å². The summed E-state index contributed by atoms with van der Waals surface area (Å²) in [5.74, 6) is 5.00. The smallest absolute Gasteiger partial charge is 0.261 e. The van der Waals surface area contributed by atoms with Crippen molar-refractivity contribution in [1.82, 2.24) is 10.2 Å². The number of phenols is 1. The lowest BCUT2D eigenvalue weighted by Crippen LogP contribution is -2.47. The van der Waals surface area contributed by atoms with E-state index in [1.807, 2.05) is 0 Å². The van der Waals surface area contributed by atoms with E-state index < -0.39 is 22.0 Å². The van der Waals surface area contributed by atoms with Crippen molar-refractivity contribution in [3.05, 3.63) is 54.1 Å². The lowest BCUT2D eigenvalue weighted by Gasteiger charge is -2.17. The quantitative estimate of drug-likeness (QED) is 0.298.